The molecule has 0 aliphatic carbocycles. The summed E-state index contributed by atoms with van der Waals surface area (Å²) < 4.78 is 10.5. The maximum absolute atomic E-state index is 6.23. The van der Waals surface area contributed by atoms with Crippen LogP contribution in [-0.4, -0.2) is 49.9 Å². The van der Waals surface area contributed by atoms with Crippen molar-refractivity contribution in [1.82, 2.24) is 49.9 Å². The molecule has 11 nitrogen and oxygen atoms in total. The molecule has 11 heteroatoms. The monoisotopic (exact) mass is 658 g/mol. The first-order chi connectivity index (χ1) is 25.3. The summed E-state index contributed by atoms with van der Waals surface area (Å²) in [7, 11) is 0. The van der Waals surface area contributed by atoms with Crippen molar-refractivity contribution >= 4 is 65.8 Å². The van der Waals surface area contributed by atoms with Crippen molar-refractivity contribution < 1.29 is 4.42 Å². The SMILES string of the molecule is c1ccc(-n2c3cc(-c4cc5c(cn4)oc4cnc(-c6ccc7c8cnnnc8n(-c8ccccc8)c7c6)cc45)ccc3c3cnnnc32)cc1. The van der Waals surface area contributed by atoms with E-state index in [-0.39, 0.29) is 0 Å². The molecule has 11 aromatic rings. The zero-order valence-electron chi connectivity index (χ0n) is 26.6. The van der Waals surface area contributed by atoms with Crippen LogP contribution in [-0.2, 0) is 0 Å². The molecule has 0 unspecified atom stereocenters. The summed E-state index contributed by atoms with van der Waals surface area (Å²) in [5.74, 6) is 0. The van der Waals surface area contributed by atoms with E-state index in [4.69, 9.17) is 14.4 Å². The summed E-state index contributed by atoms with van der Waals surface area (Å²) in [6.07, 6.45) is 7.11. The molecule has 0 fully saturated rings. The second-order valence-corrected chi connectivity index (χ2v) is 12.4. The third kappa shape index (κ3) is 4.12. The van der Waals surface area contributed by atoms with Gasteiger partial charge in [-0.1, -0.05) is 60.7 Å². The zero-order valence-corrected chi connectivity index (χ0v) is 26.6. The molecule has 7 aromatic heterocycles. The Morgan fingerprint density at radius 1 is 0.431 bits per heavy atom. The fraction of sp³-hybridized carbons (Fsp3) is 0. The fourth-order valence-corrected chi connectivity index (χ4v) is 7.25. The van der Waals surface area contributed by atoms with Crippen LogP contribution < -0.4 is 0 Å². The Kier molecular flexibility index (Phi) is 5.70. The van der Waals surface area contributed by atoms with Gasteiger partial charge < -0.3 is 4.42 Å². The highest BCUT2D eigenvalue weighted by Crippen LogP contribution is 2.37. The molecule has 0 amide bonds. The summed E-state index contributed by atoms with van der Waals surface area (Å²) in [6, 6.07) is 37.2. The Balaban J connectivity index is 1.07. The van der Waals surface area contributed by atoms with E-state index in [2.05, 4.69) is 113 Å². The van der Waals surface area contributed by atoms with Crippen LogP contribution in [0.4, 0.5) is 0 Å². The van der Waals surface area contributed by atoms with Crippen LogP contribution in [0.2, 0.25) is 0 Å². The van der Waals surface area contributed by atoms with Crippen LogP contribution in [0, 0.1) is 0 Å². The first kappa shape index (κ1) is 27.5. The van der Waals surface area contributed by atoms with Crippen molar-refractivity contribution in [3.05, 3.63) is 134 Å². The molecule has 0 saturated carbocycles. The molecule has 51 heavy (non-hydrogen) atoms. The third-order valence-corrected chi connectivity index (χ3v) is 9.58. The number of fused-ring (bicyclic) bond motifs is 9. The summed E-state index contributed by atoms with van der Waals surface area (Å²) in [6.45, 7) is 0. The van der Waals surface area contributed by atoms with Gasteiger partial charge in [-0.3, -0.25) is 19.1 Å². The molecule has 0 aliphatic rings. The Hall–Kier alpha value is -7.40. The number of nitrogens with zero attached hydrogens (tertiary/aromatic N) is 10. The van der Waals surface area contributed by atoms with Gasteiger partial charge in [0.05, 0.1) is 47.2 Å². The van der Waals surface area contributed by atoms with Gasteiger partial charge in [0.1, 0.15) is 0 Å². The van der Waals surface area contributed by atoms with Crippen LogP contribution >= 0.6 is 0 Å². The maximum atomic E-state index is 6.23. The first-order valence-electron chi connectivity index (χ1n) is 16.3. The normalized spacial score (nSPS) is 11.9. The second kappa shape index (κ2) is 10.5. The van der Waals surface area contributed by atoms with Crippen molar-refractivity contribution in [1.29, 1.82) is 0 Å². The van der Waals surface area contributed by atoms with Gasteiger partial charge in [-0.2, -0.15) is 0 Å². The maximum Gasteiger partial charge on any atom is 0.171 e. The predicted molar refractivity (Wildman–Crippen MR) is 196 cm³/mol. The van der Waals surface area contributed by atoms with E-state index in [1.54, 1.807) is 24.8 Å². The van der Waals surface area contributed by atoms with Gasteiger partial charge in [0.2, 0.25) is 0 Å². The molecule has 7 heterocycles. The van der Waals surface area contributed by atoms with E-state index in [1.165, 1.54) is 0 Å². The van der Waals surface area contributed by atoms with Crippen LogP contribution in [0.1, 0.15) is 0 Å². The van der Waals surface area contributed by atoms with E-state index < -0.39 is 0 Å². The summed E-state index contributed by atoms with van der Waals surface area (Å²) in [4.78, 5) is 9.65. The van der Waals surface area contributed by atoms with Crippen LogP contribution in [0.5, 0.6) is 0 Å². The number of hydrogen-bond acceptors (Lipinski definition) is 9. The lowest BCUT2D eigenvalue weighted by Gasteiger charge is -2.08. The molecule has 0 radical (unpaired) electrons. The van der Waals surface area contributed by atoms with Gasteiger partial charge in [-0.15, -0.1) is 20.4 Å². The first-order valence-corrected chi connectivity index (χ1v) is 16.3. The predicted octanol–water partition coefficient (Wildman–Crippen LogP) is 8.27. The lowest BCUT2D eigenvalue weighted by molar-refractivity contribution is 0.665. The van der Waals surface area contributed by atoms with Crippen LogP contribution in [0.25, 0.3) is 99.7 Å². The van der Waals surface area contributed by atoms with Gasteiger partial charge in [0, 0.05) is 54.8 Å². The van der Waals surface area contributed by atoms with Crippen molar-refractivity contribution in [3.63, 3.8) is 0 Å². The van der Waals surface area contributed by atoms with E-state index in [9.17, 15) is 0 Å². The second-order valence-electron chi connectivity index (χ2n) is 12.4. The highest BCUT2D eigenvalue weighted by Gasteiger charge is 2.19. The molecular formula is C40H22N10O. The topological polar surface area (TPSA) is 126 Å². The molecule has 238 valence electrons. The molecule has 0 atom stereocenters. The number of benzene rings is 4. The Labute approximate surface area is 287 Å². The van der Waals surface area contributed by atoms with Gasteiger partial charge in [0.25, 0.3) is 0 Å². The van der Waals surface area contributed by atoms with E-state index in [0.29, 0.717) is 11.2 Å². The van der Waals surface area contributed by atoms with E-state index in [1.807, 2.05) is 36.4 Å². The largest absolute Gasteiger partial charge is 0.453 e. The van der Waals surface area contributed by atoms with Crippen LogP contribution in [0.15, 0.2) is 138 Å². The minimum atomic E-state index is 0.694. The summed E-state index contributed by atoms with van der Waals surface area (Å²) >= 11 is 0. The van der Waals surface area contributed by atoms with Crippen molar-refractivity contribution in [2.45, 2.75) is 0 Å². The van der Waals surface area contributed by atoms with Gasteiger partial charge in [-0.25, -0.2) is 0 Å². The lowest BCUT2D eigenvalue weighted by Crippen LogP contribution is -1.97. The molecule has 11 rings (SSSR count). The molecule has 0 aliphatic heterocycles. The molecule has 0 bridgehead atoms. The highest BCUT2D eigenvalue weighted by atomic mass is 16.3. The quantitative estimate of drug-likeness (QED) is 0.184. The average molecular weight is 659 g/mol. The number of furan rings is 1. The summed E-state index contributed by atoms with van der Waals surface area (Å²) in [5.41, 5.74) is 10.4. The number of para-hydroxylation sites is 2. The molecule has 0 N–H and O–H groups in total. The smallest absolute Gasteiger partial charge is 0.171 e. The summed E-state index contributed by atoms with van der Waals surface area (Å²) in [5, 5.41) is 30.7. The standard InChI is InChI=1S/C40H22N10O/c1-3-7-25(8-4-1)49-35-15-23(11-13-27(35)31-19-43-47-45-39(31)49)33-17-29-30-18-34(42-22-38(30)51-37(29)21-41-33)24-12-14-28-32-20-44-48-46-40(32)50(36(28)16-24)26-9-5-2-6-10-26/h1-22H. The number of pyridine rings is 2. The average Bonchev–Trinajstić information content (AvgIpc) is 3.85. The third-order valence-electron chi connectivity index (χ3n) is 9.58. The number of hydrogen-bond donors (Lipinski definition) is 0. The molecule has 4 aromatic carbocycles. The molecular weight excluding hydrogens is 637 g/mol. The fourth-order valence-electron chi connectivity index (χ4n) is 7.25. The Bertz CT molecular complexity index is 2940. The van der Waals surface area contributed by atoms with Gasteiger partial charge in [-0.05, 0) is 59.0 Å². The van der Waals surface area contributed by atoms with Gasteiger partial charge >= 0.3 is 0 Å². The minimum absolute atomic E-state index is 0.694. The Morgan fingerprint density at radius 3 is 1.37 bits per heavy atom. The molecule has 0 spiro atoms. The van der Waals surface area contributed by atoms with E-state index in [0.717, 1.165) is 88.5 Å². The zero-order chi connectivity index (χ0) is 33.5. The molecule has 0 saturated heterocycles. The van der Waals surface area contributed by atoms with Crippen molar-refractivity contribution in [2.24, 2.45) is 0 Å². The van der Waals surface area contributed by atoms with Crippen LogP contribution in [0.3, 0.4) is 0 Å². The van der Waals surface area contributed by atoms with Gasteiger partial charge in [0.15, 0.2) is 22.5 Å². The number of rotatable bonds is 4. The highest BCUT2D eigenvalue weighted by molar-refractivity contribution is 6.11. The van der Waals surface area contributed by atoms with Crippen molar-refractivity contribution in [2.75, 3.05) is 0 Å². The minimum Gasteiger partial charge on any atom is -0.453 e. The number of aromatic nitrogens is 10. The van der Waals surface area contributed by atoms with Crippen molar-refractivity contribution in [3.8, 4) is 33.9 Å². The Morgan fingerprint density at radius 2 is 0.902 bits per heavy atom. The van der Waals surface area contributed by atoms with E-state index >= 15 is 0 Å². The lowest BCUT2D eigenvalue weighted by atomic mass is 10.0.